The lowest BCUT2D eigenvalue weighted by molar-refractivity contribution is 0.0745. The quantitative estimate of drug-likeness (QED) is 0.913. The maximum atomic E-state index is 9.44. The van der Waals surface area contributed by atoms with Gasteiger partial charge in [0.2, 0.25) is 0 Å². The van der Waals surface area contributed by atoms with Crippen molar-refractivity contribution in [2.75, 3.05) is 32.7 Å². The van der Waals surface area contributed by atoms with Crippen LogP contribution in [0.1, 0.15) is 12.7 Å². The average Bonchev–Trinajstić information content (AvgIpc) is 2.98. The summed E-state index contributed by atoms with van der Waals surface area (Å²) in [5, 5.41) is 13.6. The highest BCUT2D eigenvalue weighted by Crippen LogP contribution is 2.19. The molecule has 0 bridgehead atoms. The van der Waals surface area contributed by atoms with Crippen LogP contribution in [0.3, 0.4) is 0 Å². The molecule has 5 nitrogen and oxygen atoms in total. The molecule has 1 aromatic carbocycles. The molecular formula is C17H23N3O2. The minimum atomic E-state index is -0.255. The topological polar surface area (TPSA) is 52.7 Å². The van der Waals surface area contributed by atoms with Crippen molar-refractivity contribution in [2.45, 2.75) is 19.6 Å². The smallest absolute Gasteiger partial charge is 0.151 e. The minimum Gasteiger partial charge on any atom is -0.392 e. The third-order valence-corrected chi connectivity index (χ3v) is 4.00. The van der Waals surface area contributed by atoms with Gasteiger partial charge in [-0.2, -0.15) is 0 Å². The summed E-state index contributed by atoms with van der Waals surface area (Å²) in [5.41, 5.74) is 1.97. The SMILES string of the molecule is C[C@H](O)CN1CCN(Cc2cc(-c3ccccc3)no2)CC1. The fourth-order valence-corrected chi connectivity index (χ4v) is 2.86. The number of benzene rings is 1. The van der Waals surface area contributed by atoms with E-state index in [0.717, 1.165) is 56.3 Å². The van der Waals surface area contributed by atoms with Gasteiger partial charge in [-0.15, -0.1) is 0 Å². The molecule has 1 aliphatic rings. The van der Waals surface area contributed by atoms with Crippen LogP contribution in [-0.2, 0) is 6.54 Å². The standard InChI is InChI=1S/C17H23N3O2/c1-14(21)12-19-7-9-20(10-8-19)13-16-11-17(18-22-16)15-5-3-2-4-6-15/h2-6,11,14,21H,7-10,12-13H2,1H3/t14-/m0/s1. The first-order valence-corrected chi connectivity index (χ1v) is 7.84. The summed E-state index contributed by atoms with van der Waals surface area (Å²) in [7, 11) is 0. The van der Waals surface area contributed by atoms with Crippen molar-refractivity contribution in [1.29, 1.82) is 0 Å². The van der Waals surface area contributed by atoms with E-state index in [9.17, 15) is 5.11 Å². The van der Waals surface area contributed by atoms with Gasteiger partial charge in [-0.1, -0.05) is 35.5 Å². The number of aromatic nitrogens is 1. The van der Waals surface area contributed by atoms with Crippen molar-refractivity contribution in [3.05, 3.63) is 42.2 Å². The van der Waals surface area contributed by atoms with E-state index in [1.54, 1.807) is 0 Å². The van der Waals surface area contributed by atoms with E-state index < -0.39 is 0 Å². The van der Waals surface area contributed by atoms with Gasteiger partial charge < -0.3 is 9.63 Å². The van der Waals surface area contributed by atoms with Gasteiger partial charge in [-0.3, -0.25) is 9.80 Å². The number of piperazine rings is 1. The third-order valence-electron chi connectivity index (χ3n) is 4.00. The molecule has 2 aromatic rings. The van der Waals surface area contributed by atoms with Crippen LogP contribution >= 0.6 is 0 Å². The molecule has 1 fully saturated rings. The van der Waals surface area contributed by atoms with Gasteiger partial charge in [0.15, 0.2) is 5.76 Å². The van der Waals surface area contributed by atoms with Crippen molar-refractivity contribution < 1.29 is 9.63 Å². The zero-order chi connectivity index (χ0) is 15.4. The molecule has 1 saturated heterocycles. The first-order valence-electron chi connectivity index (χ1n) is 7.84. The van der Waals surface area contributed by atoms with Gasteiger partial charge in [-0.05, 0) is 6.92 Å². The molecule has 0 aliphatic carbocycles. The number of hydrogen-bond acceptors (Lipinski definition) is 5. The average molecular weight is 301 g/mol. The molecule has 5 heteroatoms. The molecule has 1 aliphatic heterocycles. The van der Waals surface area contributed by atoms with E-state index in [0.29, 0.717) is 0 Å². The van der Waals surface area contributed by atoms with E-state index >= 15 is 0 Å². The Bertz CT molecular complexity index is 575. The Hall–Kier alpha value is -1.69. The molecule has 1 aromatic heterocycles. The summed E-state index contributed by atoms with van der Waals surface area (Å²) in [5.74, 6) is 0.905. The predicted octanol–water partition coefficient (Wildman–Crippen LogP) is 1.84. The third kappa shape index (κ3) is 3.94. The highest BCUT2D eigenvalue weighted by atomic mass is 16.5. The van der Waals surface area contributed by atoms with Crippen molar-refractivity contribution in [3.63, 3.8) is 0 Å². The summed E-state index contributed by atoms with van der Waals surface area (Å²) in [6.45, 7) is 7.36. The van der Waals surface area contributed by atoms with E-state index in [1.165, 1.54) is 0 Å². The van der Waals surface area contributed by atoms with Gasteiger partial charge in [0, 0.05) is 44.4 Å². The number of aliphatic hydroxyl groups is 1. The molecule has 0 unspecified atom stereocenters. The molecule has 22 heavy (non-hydrogen) atoms. The zero-order valence-corrected chi connectivity index (χ0v) is 13.0. The number of rotatable bonds is 5. The molecule has 1 N–H and O–H groups in total. The van der Waals surface area contributed by atoms with Gasteiger partial charge in [0.1, 0.15) is 5.69 Å². The Morgan fingerprint density at radius 1 is 1.14 bits per heavy atom. The second kappa shape index (κ2) is 7.05. The maximum Gasteiger partial charge on any atom is 0.151 e. The Labute approximate surface area is 131 Å². The second-order valence-electron chi connectivity index (χ2n) is 5.97. The Morgan fingerprint density at radius 2 is 1.82 bits per heavy atom. The zero-order valence-electron chi connectivity index (χ0n) is 13.0. The lowest BCUT2D eigenvalue weighted by Gasteiger charge is -2.34. The van der Waals surface area contributed by atoms with E-state index in [2.05, 4.69) is 15.0 Å². The normalized spacial score (nSPS) is 18.5. The Kier molecular flexibility index (Phi) is 4.87. The highest BCUT2D eigenvalue weighted by Gasteiger charge is 2.19. The Morgan fingerprint density at radius 3 is 2.50 bits per heavy atom. The number of β-amino-alcohol motifs (C(OH)–C–C–N with tert-alkyl or cyclic N) is 1. The highest BCUT2D eigenvalue weighted by molar-refractivity contribution is 5.58. The minimum absolute atomic E-state index is 0.255. The van der Waals surface area contributed by atoms with Gasteiger partial charge >= 0.3 is 0 Å². The fraction of sp³-hybridized carbons (Fsp3) is 0.471. The van der Waals surface area contributed by atoms with Crippen LogP contribution in [0.2, 0.25) is 0 Å². The molecule has 0 spiro atoms. The van der Waals surface area contributed by atoms with Crippen molar-refractivity contribution in [1.82, 2.24) is 15.0 Å². The molecule has 3 rings (SSSR count). The largest absolute Gasteiger partial charge is 0.392 e. The first-order chi connectivity index (χ1) is 10.7. The second-order valence-corrected chi connectivity index (χ2v) is 5.97. The lowest BCUT2D eigenvalue weighted by Crippen LogP contribution is -2.47. The van der Waals surface area contributed by atoms with Crippen LogP contribution < -0.4 is 0 Å². The number of hydrogen-bond donors (Lipinski definition) is 1. The molecule has 1 atom stereocenters. The molecule has 2 heterocycles. The first kappa shape index (κ1) is 15.2. The monoisotopic (exact) mass is 301 g/mol. The van der Waals surface area contributed by atoms with Crippen LogP contribution in [-0.4, -0.2) is 58.9 Å². The predicted molar refractivity (Wildman–Crippen MR) is 85.3 cm³/mol. The summed E-state index contributed by atoms with van der Waals surface area (Å²) in [4.78, 5) is 4.67. The summed E-state index contributed by atoms with van der Waals surface area (Å²) >= 11 is 0. The molecule has 0 saturated carbocycles. The summed E-state index contributed by atoms with van der Waals surface area (Å²) in [6, 6.07) is 12.1. The summed E-state index contributed by atoms with van der Waals surface area (Å²) in [6.07, 6.45) is -0.255. The molecule has 0 amide bonds. The molecular weight excluding hydrogens is 278 g/mol. The van der Waals surface area contributed by atoms with E-state index in [4.69, 9.17) is 4.52 Å². The van der Waals surface area contributed by atoms with Crippen LogP contribution in [0, 0.1) is 0 Å². The van der Waals surface area contributed by atoms with Gasteiger partial charge in [0.25, 0.3) is 0 Å². The summed E-state index contributed by atoms with van der Waals surface area (Å²) < 4.78 is 5.47. The van der Waals surface area contributed by atoms with E-state index in [1.807, 2.05) is 43.3 Å². The van der Waals surface area contributed by atoms with Crippen molar-refractivity contribution in [2.24, 2.45) is 0 Å². The molecule has 0 radical (unpaired) electrons. The van der Waals surface area contributed by atoms with Gasteiger partial charge in [0.05, 0.1) is 12.6 Å². The number of aliphatic hydroxyl groups excluding tert-OH is 1. The van der Waals surface area contributed by atoms with Crippen molar-refractivity contribution in [3.8, 4) is 11.3 Å². The maximum absolute atomic E-state index is 9.44. The van der Waals surface area contributed by atoms with Crippen LogP contribution in [0.15, 0.2) is 40.9 Å². The molecule has 118 valence electrons. The van der Waals surface area contributed by atoms with Crippen LogP contribution in [0.5, 0.6) is 0 Å². The Balaban J connectivity index is 1.54. The van der Waals surface area contributed by atoms with E-state index in [-0.39, 0.29) is 6.10 Å². The van der Waals surface area contributed by atoms with Gasteiger partial charge in [-0.25, -0.2) is 0 Å². The van der Waals surface area contributed by atoms with Crippen LogP contribution in [0.4, 0.5) is 0 Å². The van der Waals surface area contributed by atoms with Crippen molar-refractivity contribution >= 4 is 0 Å². The van der Waals surface area contributed by atoms with Crippen LogP contribution in [0.25, 0.3) is 11.3 Å². The fourth-order valence-electron chi connectivity index (χ4n) is 2.86. The number of nitrogens with zero attached hydrogens (tertiary/aromatic N) is 3. The lowest BCUT2D eigenvalue weighted by atomic mass is 10.1.